The van der Waals surface area contributed by atoms with Crippen LogP contribution < -0.4 is 72.7 Å². The van der Waals surface area contributed by atoms with Crippen LogP contribution in [0.5, 0.6) is 0 Å². The Bertz CT molecular complexity index is 6720. The first-order chi connectivity index (χ1) is 68.2. The summed E-state index contributed by atoms with van der Waals surface area (Å²) in [6.45, 7) is 4.51. The van der Waals surface area contributed by atoms with Gasteiger partial charge in [0.15, 0.2) is 65.4 Å². The topological polar surface area (TPSA) is 514 Å². The first-order valence-corrected chi connectivity index (χ1v) is 50.9. The number of aliphatic hydroxyl groups excluding tert-OH is 5. The zero-order valence-corrected chi connectivity index (χ0v) is 84.8. The lowest BCUT2D eigenvalue weighted by molar-refractivity contribution is -0.606. The Morgan fingerprint density at radius 1 is 0.386 bits per heavy atom. The Morgan fingerprint density at radius 2 is 0.729 bits per heavy atom. The summed E-state index contributed by atoms with van der Waals surface area (Å²) >= 11 is 17.6. The maximum atomic E-state index is 11.5. The molecule has 15 aromatic heterocycles. The maximum Gasteiger partial charge on any atom is 0.219 e. The smallest absolute Gasteiger partial charge is 0.219 e. The predicted molar refractivity (Wildman–Crippen MR) is 552 cm³/mol. The summed E-state index contributed by atoms with van der Waals surface area (Å²) in [5, 5.41) is 135. The molecule has 0 amide bonds. The monoisotopic (exact) mass is 2230 g/mol. The van der Waals surface area contributed by atoms with E-state index in [9.17, 15) is 41.2 Å². The lowest BCUT2D eigenvalue weighted by atomic mass is 9.85. The molecule has 1 aliphatic heterocycles. The first-order valence-electron chi connectivity index (χ1n) is 47.0. The van der Waals surface area contributed by atoms with E-state index in [0.717, 1.165) is 247 Å². The Hall–Kier alpha value is -12.3. The molecule has 5 fully saturated rings. The van der Waals surface area contributed by atoms with Gasteiger partial charge in [-0.25, -0.2) is 39.9 Å². The molecular weight excluding hydrogens is 2120 g/mol. The van der Waals surface area contributed by atoms with E-state index in [1.807, 2.05) is 66.5 Å². The lowest BCUT2D eigenvalue weighted by Crippen LogP contribution is -2.34. The summed E-state index contributed by atoms with van der Waals surface area (Å²) in [6.07, 6.45) is 40.9. The third-order valence-electron chi connectivity index (χ3n) is 26.1. The van der Waals surface area contributed by atoms with Crippen LogP contribution in [0.25, 0.3) is 39.3 Å². The molecule has 140 heavy (non-hydrogen) atoms. The van der Waals surface area contributed by atoms with Crippen LogP contribution in [0.4, 0.5) is 64.1 Å². The van der Waals surface area contributed by atoms with Crippen molar-refractivity contribution in [1.29, 1.82) is 0 Å². The number of aliphatic hydroxyl groups is 5. The Morgan fingerprint density at radius 3 is 1.10 bits per heavy atom. The number of fused-ring (bicyclic) bond motifs is 6. The van der Waals surface area contributed by atoms with Gasteiger partial charge in [-0.05, 0) is 186 Å². The molecule has 4 aliphatic carbocycles. The van der Waals surface area contributed by atoms with E-state index < -0.39 is 0 Å². The number of nitrogens with two attached hydrogens (primary N) is 1. The van der Waals surface area contributed by atoms with Gasteiger partial charge in [0.05, 0.1) is 70.7 Å². The van der Waals surface area contributed by atoms with Crippen molar-refractivity contribution in [1.82, 2.24) is 92.5 Å². The molecule has 21 rings (SSSR count). The molecule has 0 spiro atoms. The lowest BCUT2D eigenvalue weighted by Gasteiger charge is -2.31. The maximum absolute atomic E-state index is 11.5. The van der Waals surface area contributed by atoms with E-state index in [-0.39, 0.29) is 86.8 Å². The van der Waals surface area contributed by atoms with Gasteiger partial charge in [-0.2, -0.15) is 62.3 Å². The first kappa shape index (κ1) is 99.3. The minimum atomic E-state index is 0.175. The Balaban J connectivity index is 0.000000121. The van der Waals surface area contributed by atoms with Crippen LogP contribution >= 0.6 is 79.6 Å². The summed E-state index contributed by atoms with van der Waals surface area (Å²) in [4.78, 5) is 38.3. The van der Waals surface area contributed by atoms with Crippen molar-refractivity contribution in [3.63, 3.8) is 0 Å². The Kier molecular flexibility index (Phi) is 33.2. The van der Waals surface area contributed by atoms with Gasteiger partial charge in [-0.1, -0.05) is 44.6 Å². The van der Waals surface area contributed by atoms with Crippen molar-refractivity contribution < 1.29 is 39.7 Å². The van der Waals surface area contributed by atoms with E-state index in [4.69, 9.17) is 20.7 Å². The van der Waals surface area contributed by atoms with Gasteiger partial charge in [0.1, 0.15) is 58.2 Å². The van der Waals surface area contributed by atoms with E-state index in [1.165, 1.54) is 50.2 Å². The Labute approximate surface area is 847 Å². The van der Waals surface area contributed by atoms with Crippen molar-refractivity contribution in [3.8, 4) is 0 Å². The number of aromatic nitrogens is 22. The van der Waals surface area contributed by atoms with Gasteiger partial charge < -0.3 is 104 Å². The molecule has 16 aromatic rings. The highest BCUT2D eigenvalue weighted by molar-refractivity contribution is 9.11. The molecule has 736 valence electrons. The fraction of sp³-hybridized carbons (Fsp3) is 0.404. The molecule has 4 saturated carbocycles. The molecule has 16 N–H and O–H groups in total. The number of nitrogens with zero attached hydrogens (tertiary/aromatic N) is 23. The summed E-state index contributed by atoms with van der Waals surface area (Å²) in [7, 11) is 2.00. The third kappa shape index (κ3) is 24.5. The van der Waals surface area contributed by atoms with Gasteiger partial charge in [0.2, 0.25) is 5.95 Å². The fourth-order valence-electron chi connectivity index (χ4n) is 18.7. The van der Waals surface area contributed by atoms with Gasteiger partial charge in [0, 0.05) is 216 Å². The molecule has 0 bridgehead atoms. The second-order valence-corrected chi connectivity index (χ2v) is 39.8. The molecule has 16 heterocycles. The van der Waals surface area contributed by atoms with Crippen LogP contribution in [0.15, 0.2) is 194 Å². The van der Waals surface area contributed by atoms with Crippen LogP contribution in [0.2, 0.25) is 0 Å². The fourth-order valence-corrected chi connectivity index (χ4v) is 20.5. The van der Waals surface area contributed by atoms with Gasteiger partial charge in [0.25, 0.3) is 0 Å². The van der Waals surface area contributed by atoms with Gasteiger partial charge in [-0.15, -0.1) is 0 Å². The summed E-state index contributed by atoms with van der Waals surface area (Å²) in [5.74, 6) is 9.18. The molecular formula is C94H112Br5N33O8. The van der Waals surface area contributed by atoms with Crippen LogP contribution in [-0.2, 0) is 39.8 Å². The predicted octanol–water partition coefficient (Wildman–Crippen LogP) is 13.1. The number of benzene rings is 1. The van der Waals surface area contributed by atoms with Crippen molar-refractivity contribution in [2.24, 2.45) is 30.7 Å². The van der Waals surface area contributed by atoms with E-state index in [0.29, 0.717) is 50.1 Å². The quantitative estimate of drug-likeness (QED) is 0.0147. The van der Waals surface area contributed by atoms with Crippen LogP contribution in [0, 0.1) is 39.3 Å². The van der Waals surface area contributed by atoms with Crippen LogP contribution in [-0.4, -0.2) is 188 Å². The highest BCUT2D eigenvalue weighted by Gasteiger charge is 2.33. The van der Waals surface area contributed by atoms with Crippen LogP contribution in [0.1, 0.15) is 137 Å². The molecule has 5 aliphatic rings. The average molecular weight is 2230 g/mol. The zero-order chi connectivity index (χ0) is 97.3. The van der Waals surface area contributed by atoms with Crippen molar-refractivity contribution in [2.75, 3.05) is 98.1 Å². The number of pyridine rings is 3. The summed E-state index contributed by atoms with van der Waals surface area (Å²) < 4.78 is 17.2. The minimum absolute atomic E-state index is 0.175. The number of nitrogen functional groups attached to an aromatic ring is 1. The molecule has 41 nitrogen and oxygen atoms in total. The van der Waals surface area contributed by atoms with Gasteiger partial charge in [-0.3, -0.25) is 0 Å². The molecule has 46 heteroatoms. The second-order valence-electron chi connectivity index (χ2n) is 35.6. The number of hydrogen-bond donors (Lipinski definition) is 15. The number of nitrogens with one attached hydrogen (secondary N) is 9. The normalized spacial score (nSPS) is 19.0. The summed E-state index contributed by atoms with van der Waals surface area (Å²) in [6, 6.07) is 28.1. The molecule has 9 atom stereocenters. The highest BCUT2D eigenvalue weighted by Crippen LogP contribution is 2.37. The number of anilines is 11. The molecule has 1 saturated heterocycles. The molecule has 0 radical (unpaired) electrons. The van der Waals surface area contributed by atoms with E-state index in [1.54, 1.807) is 90.4 Å². The van der Waals surface area contributed by atoms with E-state index >= 15 is 0 Å². The molecule has 0 unspecified atom stereocenters. The van der Waals surface area contributed by atoms with Crippen molar-refractivity contribution in [2.45, 2.75) is 172 Å². The van der Waals surface area contributed by atoms with Gasteiger partial charge >= 0.3 is 0 Å². The number of hydrogen-bond acceptors (Lipinski definition) is 32. The van der Waals surface area contributed by atoms with Crippen molar-refractivity contribution in [3.05, 3.63) is 238 Å². The third-order valence-corrected chi connectivity index (χ3v) is 28.9. The highest BCUT2D eigenvalue weighted by atomic mass is 79.9. The zero-order valence-electron chi connectivity index (χ0n) is 76.9. The van der Waals surface area contributed by atoms with Crippen molar-refractivity contribution >= 4 is 183 Å². The summed E-state index contributed by atoms with van der Waals surface area (Å²) in [5.41, 5.74) is 15.9. The number of halogens is 5. The largest absolute Gasteiger partial charge is 0.619 e. The average Bonchev–Trinajstić information content (AvgIpc) is 1.64. The van der Waals surface area contributed by atoms with E-state index in [2.05, 4.69) is 201 Å². The standard InChI is InChI=1S/C22H26BrN7O.C18H23BrN8O.3C18H21BrN6O2/c1-29-13-25-18-8-14(6-7-19(18)29)10-24-21-9-20(28-22-16(23)11-26-30(21)22)27-17-5-3-2-4-15(17)12-31;19-13-9-24-27-16(21-6-11-7-22-18(20)23-8-11)5-15(26-17(13)27)25-14-4-2-1-3-12(14)10-28;2*19-14-9-21-25-17(20-8-12-3-2-6-24(27)10-12)7-16(23-18(14)25)22-15-5-1-4-13(15)11-26;19-15-11-21-25-16(20-10-13-3-1-6-23(27)12-13)9-17(22-18(15)25)24-7-2-4-14(24)5-8-26/h6-9,11,13,15,17,24,31H,2-5,10,12H2,1H3,(H,27,28);5,7-9,12,14,21,28H,1-4,6,10H2,(H,25,26)(H2,20,22,23);2*2-3,6-7,9-10,13,15,20,26H,1,4-5,8,11H2,(H,22,23);1,3,6,9,11-12,14,20,26H,2,4-5,7-8,10H2/t15-,17-;12-,14-;2*13-,15-;14-/m00100/s1. The number of imidazole rings is 1. The number of rotatable bonds is 30. The minimum Gasteiger partial charge on any atom is -0.619 e. The number of aryl methyl sites for hydroxylation is 1. The molecule has 1 aromatic carbocycles. The van der Waals surface area contributed by atoms with Crippen LogP contribution in [0.3, 0.4) is 0 Å². The SMILES string of the molecule is Cn1cnc2cc(CNc3cc(N[C@H]4CCCC[C@H]4CO)nc4c(Br)cnn34)ccc21.Nc1ncc(CNc2cc(N[C@H]3CCCC[C@H]3CO)nc3c(Br)cnn23)cn1.[O-][n+]1cccc(CNc2cc(N3CCC[C@H]3CCO)nc3c(Br)cnn23)c1.[O-][n+]1cccc(CNc2cc(N[C@@H]3CCC[C@@H]3CO)nc3c(Br)cnn23)c1.[O-][n+]1cccc(CNc2cc(N[C@H]3CCC[C@H]3CO)nc3c(Br)cnn23)c1. The second kappa shape index (κ2) is 46.9.